The molecule has 4 rings (SSSR count). The van der Waals surface area contributed by atoms with Crippen LogP contribution >= 0.6 is 0 Å². The molecule has 4 nitrogen and oxygen atoms in total. The van der Waals surface area contributed by atoms with E-state index in [1.807, 2.05) is 25.1 Å². The van der Waals surface area contributed by atoms with Crippen LogP contribution < -0.4 is 10.6 Å². The highest BCUT2D eigenvalue weighted by Crippen LogP contribution is 2.28. The number of benzene rings is 1. The Balaban J connectivity index is 1.56. The number of fused-ring (bicyclic) bond motifs is 3. The van der Waals surface area contributed by atoms with Crippen LogP contribution in [0.3, 0.4) is 0 Å². The van der Waals surface area contributed by atoms with E-state index in [4.69, 9.17) is 4.42 Å². The fourth-order valence-corrected chi connectivity index (χ4v) is 3.53. The second kappa shape index (κ2) is 4.35. The topological polar surface area (TPSA) is 54.3 Å². The first-order valence-corrected chi connectivity index (χ1v) is 7.25. The molecule has 1 aromatic heterocycles. The number of carbonyl (C=O) groups is 1. The van der Waals surface area contributed by atoms with Gasteiger partial charge in [0, 0.05) is 29.1 Å². The standard InChI is InChI=1S/C16H18N2O2/c1-9-8-20-15-5-2-10(6-12(9)15)16(19)18-14-7-11-3-4-13(14)17-11/h2,5-6,8,11,13-14,17H,3-4,7H2,1H3,(H,18,19). The molecule has 3 heterocycles. The minimum Gasteiger partial charge on any atom is -0.464 e. The molecule has 3 unspecified atom stereocenters. The van der Waals surface area contributed by atoms with Crippen LogP contribution in [0.25, 0.3) is 11.0 Å². The van der Waals surface area contributed by atoms with Crippen molar-refractivity contribution in [2.45, 2.75) is 44.3 Å². The van der Waals surface area contributed by atoms with Crippen LogP contribution in [0.2, 0.25) is 0 Å². The van der Waals surface area contributed by atoms with E-state index in [2.05, 4.69) is 10.6 Å². The predicted octanol–water partition coefficient (Wildman–Crippen LogP) is 2.36. The van der Waals surface area contributed by atoms with Crippen LogP contribution in [0.5, 0.6) is 0 Å². The molecule has 3 atom stereocenters. The van der Waals surface area contributed by atoms with E-state index in [9.17, 15) is 4.79 Å². The summed E-state index contributed by atoms with van der Waals surface area (Å²) in [5.74, 6) is 0.0202. The highest BCUT2D eigenvalue weighted by molar-refractivity contribution is 5.98. The summed E-state index contributed by atoms with van der Waals surface area (Å²) in [4.78, 5) is 12.4. The third-order valence-electron chi connectivity index (χ3n) is 4.65. The van der Waals surface area contributed by atoms with E-state index in [1.54, 1.807) is 6.26 Å². The molecule has 104 valence electrons. The van der Waals surface area contributed by atoms with Gasteiger partial charge in [0.2, 0.25) is 0 Å². The van der Waals surface area contributed by atoms with E-state index in [0.717, 1.165) is 23.0 Å². The lowest BCUT2D eigenvalue weighted by Gasteiger charge is -2.21. The Morgan fingerprint density at radius 3 is 3.05 bits per heavy atom. The summed E-state index contributed by atoms with van der Waals surface area (Å²) in [6.45, 7) is 1.99. The summed E-state index contributed by atoms with van der Waals surface area (Å²) in [7, 11) is 0. The van der Waals surface area contributed by atoms with Crippen LogP contribution in [-0.4, -0.2) is 24.0 Å². The third-order valence-corrected chi connectivity index (χ3v) is 4.65. The lowest BCUT2D eigenvalue weighted by Crippen LogP contribution is -2.42. The van der Waals surface area contributed by atoms with Crippen molar-refractivity contribution < 1.29 is 9.21 Å². The van der Waals surface area contributed by atoms with Crippen molar-refractivity contribution in [3.8, 4) is 0 Å². The Hall–Kier alpha value is -1.81. The molecule has 4 heteroatoms. The van der Waals surface area contributed by atoms with Crippen molar-refractivity contribution in [1.29, 1.82) is 0 Å². The maximum Gasteiger partial charge on any atom is 0.251 e. The van der Waals surface area contributed by atoms with E-state index in [1.165, 1.54) is 12.8 Å². The van der Waals surface area contributed by atoms with Crippen molar-refractivity contribution in [3.05, 3.63) is 35.6 Å². The van der Waals surface area contributed by atoms with Gasteiger partial charge in [-0.1, -0.05) is 0 Å². The van der Waals surface area contributed by atoms with Gasteiger partial charge in [-0.15, -0.1) is 0 Å². The van der Waals surface area contributed by atoms with E-state index < -0.39 is 0 Å². The fraction of sp³-hybridized carbons (Fsp3) is 0.438. The first-order valence-electron chi connectivity index (χ1n) is 7.25. The molecule has 0 saturated carbocycles. The summed E-state index contributed by atoms with van der Waals surface area (Å²) in [6.07, 6.45) is 5.21. The molecule has 0 aliphatic carbocycles. The largest absolute Gasteiger partial charge is 0.464 e. The number of aryl methyl sites for hydroxylation is 1. The second-order valence-electron chi connectivity index (χ2n) is 5.99. The number of furan rings is 1. The summed E-state index contributed by atoms with van der Waals surface area (Å²) in [6, 6.07) is 6.97. The van der Waals surface area contributed by atoms with Crippen molar-refractivity contribution in [3.63, 3.8) is 0 Å². The predicted molar refractivity (Wildman–Crippen MR) is 76.8 cm³/mol. The summed E-state index contributed by atoms with van der Waals surface area (Å²) >= 11 is 0. The number of amides is 1. The monoisotopic (exact) mass is 270 g/mol. The number of carbonyl (C=O) groups excluding carboxylic acids is 1. The fourth-order valence-electron chi connectivity index (χ4n) is 3.53. The van der Waals surface area contributed by atoms with Gasteiger partial charge in [0.15, 0.2) is 0 Å². The summed E-state index contributed by atoms with van der Waals surface area (Å²) in [5.41, 5.74) is 2.61. The normalized spacial score (nSPS) is 28.1. The van der Waals surface area contributed by atoms with Crippen molar-refractivity contribution in [1.82, 2.24) is 10.6 Å². The molecule has 20 heavy (non-hydrogen) atoms. The SMILES string of the molecule is Cc1coc2ccc(C(=O)NC3CC4CCC3N4)cc12. The van der Waals surface area contributed by atoms with Crippen LogP contribution in [0.4, 0.5) is 0 Å². The zero-order valence-corrected chi connectivity index (χ0v) is 11.5. The maximum absolute atomic E-state index is 12.4. The third kappa shape index (κ3) is 1.83. The van der Waals surface area contributed by atoms with Crippen molar-refractivity contribution >= 4 is 16.9 Å². The van der Waals surface area contributed by atoms with E-state index in [0.29, 0.717) is 17.6 Å². The Bertz CT molecular complexity index is 676. The molecule has 2 fully saturated rings. The van der Waals surface area contributed by atoms with Gasteiger partial charge >= 0.3 is 0 Å². The molecule has 1 amide bonds. The Morgan fingerprint density at radius 2 is 2.30 bits per heavy atom. The molecular formula is C16H18N2O2. The first-order chi connectivity index (χ1) is 9.70. The minimum absolute atomic E-state index is 0.0202. The van der Waals surface area contributed by atoms with Crippen molar-refractivity contribution in [2.75, 3.05) is 0 Å². The van der Waals surface area contributed by atoms with Crippen LogP contribution in [0.15, 0.2) is 28.9 Å². The van der Waals surface area contributed by atoms with E-state index in [-0.39, 0.29) is 11.9 Å². The molecule has 0 spiro atoms. The van der Waals surface area contributed by atoms with Gasteiger partial charge in [-0.2, -0.15) is 0 Å². The number of nitrogens with one attached hydrogen (secondary N) is 2. The molecule has 2 bridgehead atoms. The molecule has 2 aliphatic rings. The number of hydrogen-bond donors (Lipinski definition) is 2. The van der Waals surface area contributed by atoms with Crippen LogP contribution in [-0.2, 0) is 0 Å². The molecule has 2 aromatic rings. The molecule has 1 aromatic carbocycles. The smallest absolute Gasteiger partial charge is 0.251 e. The molecule has 2 aliphatic heterocycles. The maximum atomic E-state index is 12.4. The van der Waals surface area contributed by atoms with Gasteiger partial charge in [-0.25, -0.2) is 0 Å². The van der Waals surface area contributed by atoms with Crippen LogP contribution in [0, 0.1) is 6.92 Å². The highest BCUT2D eigenvalue weighted by atomic mass is 16.3. The highest BCUT2D eigenvalue weighted by Gasteiger charge is 2.39. The van der Waals surface area contributed by atoms with Gasteiger partial charge < -0.3 is 15.1 Å². The van der Waals surface area contributed by atoms with Crippen LogP contribution in [0.1, 0.15) is 35.2 Å². The van der Waals surface area contributed by atoms with Gasteiger partial charge in [0.25, 0.3) is 5.91 Å². The molecular weight excluding hydrogens is 252 g/mol. The average molecular weight is 270 g/mol. The molecule has 2 saturated heterocycles. The molecule has 2 N–H and O–H groups in total. The van der Waals surface area contributed by atoms with Crippen molar-refractivity contribution in [2.24, 2.45) is 0 Å². The summed E-state index contributed by atoms with van der Waals surface area (Å²) < 4.78 is 5.42. The Morgan fingerprint density at radius 1 is 1.40 bits per heavy atom. The number of rotatable bonds is 2. The quantitative estimate of drug-likeness (QED) is 0.881. The number of hydrogen-bond acceptors (Lipinski definition) is 3. The zero-order valence-electron chi connectivity index (χ0n) is 11.5. The summed E-state index contributed by atoms with van der Waals surface area (Å²) in [5, 5.41) is 7.73. The lowest BCUT2D eigenvalue weighted by molar-refractivity contribution is 0.0931. The Kier molecular flexibility index (Phi) is 2.60. The first kappa shape index (κ1) is 12.0. The average Bonchev–Trinajstić information content (AvgIpc) is 3.15. The lowest BCUT2D eigenvalue weighted by atomic mass is 9.95. The van der Waals surface area contributed by atoms with Gasteiger partial charge in [-0.3, -0.25) is 4.79 Å². The van der Waals surface area contributed by atoms with Gasteiger partial charge in [0.1, 0.15) is 5.58 Å². The molecule has 0 radical (unpaired) electrons. The zero-order chi connectivity index (χ0) is 13.7. The second-order valence-corrected chi connectivity index (χ2v) is 5.99. The van der Waals surface area contributed by atoms with Gasteiger partial charge in [0.05, 0.1) is 6.26 Å². The minimum atomic E-state index is 0.0202. The van der Waals surface area contributed by atoms with Gasteiger partial charge in [-0.05, 0) is 49.9 Å². The Labute approximate surface area is 117 Å². The van der Waals surface area contributed by atoms with E-state index >= 15 is 0 Å².